The molecule has 0 saturated carbocycles. The molecule has 0 aliphatic carbocycles. The van der Waals surface area contributed by atoms with Crippen molar-refractivity contribution in [1.82, 2.24) is 30.1 Å². The van der Waals surface area contributed by atoms with Gasteiger partial charge in [0, 0.05) is 10.9 Å². The van der Waals surface area contributed by atoms with Crippen molar-refractivity contribution in [2.75, 3.05) is 0 Å². The third kappa shape index (κ3) is 1.29. The maximum Gasteiger partial charge on any atom is 0.197 e. The lowest BCUT2D eigenvalue weighted by Crippen LogP contribution is -1.87. The van der Waals surface area contributed by atoms with E-state index in [9.17, 15) is 0 Å². The number of hydrogen-bond acceptors (Lipinski definition) is 4. The lowest BCUT2D eigenvalue weighted by Gasteiger charge is -2.00. The van der Waals surface area contributed by atoms with E-state index in [1.54, 1.807) is 18.7 Å². The summed E-state index contributed by atoms with van der Waals surface area (Å²) in [5, 5.41) is 7.98. The van der Waals surface area contributed by atoms with E-state index >= 15 is 0 Å². The fourth-order valence-electron chi connectivity index (χ4n) is 1.97. The number of hydrogen-bond donors (Lipinski definition) is 2. The molecule has 0 amide bonds. The Hall–Kier alpha value is -2.76. The Balaban J connectivity index is 1.93. The number of H-pyrrole nitrogens is 2. The minimum atomic E-state index is 0.628. The maximum atomic E-state index is 4.49. The molecule has 6 nitrogen and oxygen atoms in total. The van der Waals surface area contributed by atoms with Gasteiger partial charge in [-0.15, -0.1) is 0 Å². The lowest BCUT2D eigenvalue weighted by atomic mass is 10.1. The Morgan fingerprint density at radius 3 is 3.06 bits per heavy atom. The molecule has 4 aromatic rings. The van der Waals surface area contributed by atoms with E-state index in [0.29, 0.717) is 11.3 Å². The monoisotopic (exact) mass is 236 g/mol. The van der Waals surface area contributed by atoms with Gasteiger partial charge in [-0.05, 0) is 12.1 Å². The molecule has 4 rings (SSSR count). The zero-order valence-corrected chi connectivity index (χ0v) is 9.25. The van der Waals surface area contributed by atoms with Crippen LogP contribution in [-0.4, -0.2) is 30.1 Å². The number of nitrogens with zero attached hydrogens (tertiary/aromatic N) is 4. The second-order valence-corrected chi connectivity index (χ2v) is 4.00. The van der Waals surface area contributed by atoms with Crippen molar-refractivity contribution >= 4 is 22.2 Å². The van der Waals surface area contributed by atoms with E-state index in [1.807, 2.05) is 18.2 Å². The highest BCUT2D eigenvalue weighted by Gasteiger charge is 2.05. The van der Waals surface area contributed by atoms with Crippen molar-refractivity contribution in [2.45, 2.75) is 0 Å². The second-order valence-electron chi connectivity index (χ2n) is 4.00. The van der Waals surface area contributed by atoms with Crippen LogP contribution in [0.3, 0.4) is 0 Å². The highest BCUT2D eigenvalue weighted by molar-refractivity contribution is 5.83. The molecule has 18 heavy (non-hydrogen) atoms. The van der Waals surface area contributed by atoms with Crippen molar-refractivity contribution in [1.29, 1.82) is 0 Å². The van der Waals surface area contributed by atoms with Gasteiger partial charge < -0.3 is 4.98 Å². The molecule has 0 atom stereocenters. The van der Waals surface area contributed by atoms with Crippen LogP contribution in [0.1, 0.15) is 0 Å². The van der Waals surface area contributed by atoms with Crippen LogP contribution in [0.4, 0.5) is 0 Å². The minimum Gasteiger partial charge on any atom is -0.328 e. The van der Waals surface area contributed by atoms with Crippen molar-refractivity contribution < 1.29 is 0 Å². The summed E-state index contributed by atoms with van der Waals surface area (Å²) < 4.78 is 0. The first-order valence-electron chi connectivity index (χ1n) is 5.50. The lowest BCUT2D eigenvalue weighted by molar-refractivity contribution is 1.12. The number of benzene rings is 1. The van der Waals surface area contributed by atoms with Gasteiger partial charge in [-0.1, -0.05) is 6.07 Å². The molecule has 0 aliphatic heterocycles. The molecule has 0 aliphatic rings. The van der Waals surface area contributed by atoms with E-state index in [2.05, 4.69) is 30.1 Å². The molecular weight excluding hydrogens is 228 g/mol. The SMILES string of the molecule is c1nc2ncc(-c3ccc4[nH]ncc4c3)nc2[nH]1. The van der Waals surface area contributed by atoms with Gasteiger partial charge in [-0.25, -0.2) is 15.0 Å². The molecule has 3 aromatic heterocycles. The summed E-state index contributed by atoms with van der Waals surface area (Å²) in [7, 11) is 0. The van der Waals surface area contributed by atoms with Gasteiger partial charge in [0.05, 0.1) is 29.9 Å². The fraction of sp³-hybridized carbons (Fsp3) is 0. The average molecular weight is 236 g/mol. The van der Waals surface area contributed by atoms with Gasteiger partial charge in [0.15, 0.2) is 11.3 Å². The first kappa shape index (κ1) is 9.29. The van der Waals surface area contributed by atoms with E-state index < -0.39 is 0 Å². The third-order valence-electron chi connectivity index (χ3n) is 2.88. The van der Waals surface area contributed by atoms with Crippen molar-refractivity contribution in [3.05, 3.63) is 36.9 Å². The molecule has 86 valence electrons. The normalized spacial score (nSPS) is 11.3. The van der Waals surface area contributed by atoms with Crippen molar-refractivity contribution in [2.24, 2.45) is 0 Å². The zero-order chi connectivity index (χ0) is 11.9. The number of rotatable bonds is 1. The van der Waals surface area contributed by atoms with Gasteiger partial charge in [0.1, 0.15) is 0 Å². The largest absolute Gasteiger partial charge is 0.328 e. The third-order valence-corrected chi connectivity index (χ3v) is 2.88. The summed E-state index contributed by atoms with van der Waals surface area (Å²) in [6.45, 7) is 0. The molecule has 2 N–H and O–H groups in total. The Bertz CT molecular complexity index is 772. The topological polar surface area (TPSA) is 83.1 Å². The van der Waals surface area contributed by atoms with E-state index in [-0.39, 0.29) is 0 Å². The standard InChI is InChI=1S/C12H8N6/c1-2-9-8(4-16-18-9)3-7(1)10-5-13-11-12(17-10)15-6-14-11/h1-6H,(H,16,18)(H,13,14,15,17). The first-order chi connectivity index (χ1) is 8.90. The summed E-state index contributed by atoms with van der Waals surface area (Å²) in [5.74, 6) is 0. The van der Waals surface area contributed by atoms with Crippen LogP contribution in [0, 0.1) is 0 Å². The number of imidazole rings is 1. The molecule has 1 aromatic carbocycles. The van der Waals surface area contributed by atoms with Crippen LogP contribution < -0.4 is 0 Å². The summed E-state index contributed by atoms with van der Waals surface area (Å²) in [6, 6.07) is 6.01. The predicted octanol–water partition coefficient (Wildman–Crippen LogP) is 1.90. The Morgan fingerprint density at radius 2 is 2.06 bits per heavy atom. The minimum absolute atomic E-state index is 0.628. The van der Waals surface area contributed by atoms with Gasteiger partial charge >= 0.3 is 0 Å². The number of nitrogens with one attached hydrogen (secondary N) is 2. The highest BCUT2D eigenvalue weighted by atomic mass is 15.1. The van der Waals surface area contributed by atoms with Crippen LogP contribution in [-0.2, 0) is 0 Å². The molecule has 0 saturated heterocycles. The average Bonchev–Trinajstić information content (AvgIpc) is 3.05. The summed E-state index contributed by atoms with van der Waals surface area (Å²) in [4.78, 5) is 15.8. The second kappa shape index (κ2) is 3.36. The molecule has 3 heterocycles. The van der Waals surface area contributed by atoms with Crippen LogP contribution in [0.2, 0.25) is 0 Å². The molecule has 0 bridgehead atoms. The highest BCUT2D eigenvalue weighted by Crippen LogP contribution is 2.22. The number of aromatic nitrogens is 6. The molecule has 0 radical (unpaired) electrons. The van der Waals surface area contributed by atoms with Crippen molar-refractivity contribution in [3.63, 3.8) is 0 Å². The van der Waals surface area contributed by atoms with E-state index in [4.69, 9.17) is 0 Å². The maximum absolute atomic E-state index is 4.49. The Morgan fingerprint density at radius 1 is 1.06 bits per heavy atom. The van der Waals surface area contributed by atoms with Gasteiger partial charge in [-0.3, -0.25) is 5.10 Å². The molecule has 0 fully saturated rings. The van der Waals surface area contributed by atoms with Crippen LogP contribution in [0.15, 0.2) is 36.9 Å². The Kier molecular flexibility index (Phi) is 1.74. The fourth-order valence-corrected chi connectivity index (χ4v) is 1.97. The first-order valence-corrected chi connectivity index (χ1v) is 5.50. The summed E-state index contributed by atoms with van der Waals surface area (Å²) in [6.07, 6.45) is 5.11. The van der Waals surface area contributed by atoms with Gasteiger partial charge in [0.25, 0.3) is 0 Å². The van der Waals surface area contributed by atoms with Gasteiger partial charge in [-0.2, -0.15) is 5.10 Å². The summed E-state index contributed by atoms with van der Waals surface area (Å²) in [5.41, 5.74) is 4.15. The quantitative estimate of drug-likeness (QED) is 0.528. The Labute approximate surface area is 101 Å². The molecular formula is C12H8N6. The number of aromatic amines is 2. The van der Waals surface area contributed by atoms with Gasteiger partial charge in [0.2, 0.25) is 0 Å². The smallest absolute Gasteiger partial charge is 0.197 e. The van der Waals surface area contributed by atoms with Crippen LogP contribution in [0.5, 0.6) is 0 Å². The van der Waals surface area contributed by atoms with Crippen molar-refractivity contribution in [3.8, 4) is 11.3 Å². The molecule has 6 heteroatoms. The van der Waals surface area contributed by atoms with Crippen LogP contribution >= 0.6 is 0 Å². The molecule has 0 unspecified atom stereocenters. The van der Waals surface area contributed by atoms with Crippen LogP contribution in [0.25, 0.3) is 33.5 Å². The van der Waals surface area contributed by atoms with E-state index in [0.717, 1.165) is 22.2 Å². The number of fused-ring (bicyclic) bond motifs is 2. The zero-order valence-electron chi connectivity index (χ0n) is 9.25. The predicted molar refractivity (Wildman–Crippen MR) is 66.8 cm³/mol. The summed E-state index contributed by atoms with van der Waals surface area (Å²) >= 11 is 0. The van der Waals surface area contributed by atoms with E-state index in [1.165, 1.54) is 0 Å². The molecule has 0 spiro atoms.